The first-order valence-electron chi connectivity index (χ1n) is 15.8. The van der Waals surface area contributed by atoms with Crippen molar-refractivity contribution >= 4 is 31.6 Å². The molecule has 2 aromatic rings. The van der Waals surface area contributed by atoms with Gasteiger partial charge in [-0.2, -0.15) is 0 Å². The Bertz CT molecular complexity index is 1450. The molecule has 10 nitrogen and oxygen atoms in total. The van der Waals surface area contributed by atoms with E-state index in [1.165, 1.54) is 12.5 Å². The maximum absolute atomic E-state index is 16.2. The molecule has 0 unspecified atom stereocenters. The Hall–Kier alpha value is -3.19. The number of aliphatic hydroxyl groups is 2. The van der Waals surface area contributed by atoms with Crippen LogP contribution >= 0.6 is 0 Å². The molecule has 5 atom stereocenters. The molecule has 2 aliphatic rings. The number of hydrogen-bond acceptors (Lipinski definition) is 7. The predicted molar refractivity (Wildman–Crippen MR) is 175 cm³/mol. The van der Waals surface area contributed by atoms with Crippen LogP contribution in [0.2, 0.25) is 18.6 Å². The molecule has 1 spiro atoms. The van der Waals surface area contributed by atoms with Crippen LogP contribution in [0.4, 0.5) is 15.5 Å². The van der Waals surface area contributed by atoms with Gasteiger partial charge in [-0.1, -0.05) is 35.4 Å². The van der Waals surface area contributed by atoms with E-state index in [0.717, 1.165) is 18.4 Å². The molecule has 45 heavy (non-hydrogen) atoms. The van der Waals surface area contributed by atoms with Crippen LogP contribution in [0.25, 0.3) is 0 Å². The van der Waals surface area contributed by atoms with Crippen molar-refractivity contribution in [2.75, 3.05) is 23.4 Å². The van der Waals surface area contributed by atoms with Gasteiger partial charge in [-0.3, -0.25) is 14.3 Å². The zero-order valence-electron chi connectivity index (χ0n) is 27.5. The molecular formula is C33H48FN5O5Si. The van der Waals surface area contributed by atoms with Crippen LogP contribution in [0.5, 0.6) is 0 Å². The minimum Gasteiger partial charge on any atom is -0.396 e. The standard InChI is InChI=1S/C33H48FN5O5Si/c1-21(2)9-8-10-22(3)13-17-39-28-12-11-25(35-31(42)24(5)41)19-27(28)33(32(39)43)23(4)30(45(6,7)34)29(44-33)14-16-38-20-26(15-18-40)36-37-38/h9,11-13,19-20,23-24,29-30,40-41H,8,10,14-18H2,1-7H3,(H,35,42)/b22-13+/t23-,24+,29+,30-,33+/m1/s1. The van der Waals surface area contributed by atoms with Crippen LogP contribution in [-0.2, 0) is 32.9 Å². The molecule has 3 N–H and O–H groups in total. The molecule has 0 saturated carbocycles. The molecule has 1 fully saturated rings. The molecule has 2 amide bonds. The van der Waals surface area contributed by atoms with Crippen LogP contribution in [0.3, 0.4) is 0 Å². The highest BCUT2D eigenvalue weighted by molar-refractivity contribution is 6.72. The van der Waals surface area contributed by atoms with E-state index in [1.54, 1.807) is 47.1 Å². The van der Waals surface area contributed by atoms with Gasteiger partial charge >= 0.3 is 0 Å². The fourth-order valence-corrected chi connectivity index (χ4v) is 9.24. The van der Waals surface area contributed by atoms with Crippen molar-refractivity contribution in [3.8, 4) is 0 Å². The van der Waals surface area contributed by atoms with Gasteiger partial charge in [-0.25, -0.2) is 0 Å². The molecule has 0 bridgehead atoms. The van der Waals surface area contributed by atoms with E-state index in [1.807, 2.05) is 6.92 Å². The number of anilines is 2. The molecule has 12 heteroatoms. The maximum Gasteiger partial charge on any atom is 0.264 e. The first kappa shape index (κ1) is 34.7. The summed E-state index contributed by atoms with van der Waals surface area (Å²) in [6.07, 6.45) is 6.83. The Morgan fingerprint density at radius 2 is 2.00 bits per heavy atom. The third-order valence-corrected chi connectivity index (χ3v) is 11.4. The molecular weight excluding hydrogens is 593 g/mol. The number of halogens is 1. The van der Waals surface area contributed by atoms with Crippen molar-refractivity contribution in [2.24, 2.45) is 5.92 Å². The van der Waals surface area contributed by atoms with Gasteiger partial charge in [0.2, 0.25) is 8.41 Å². The lowest BCUT2D eigenvalue weighted by atomic mass is 9.82. The summed E-state index contributed by atoms with van der Waals surface area (Å²) in [5.74, 6) is -1.30. The van der Waals surface area contributed by atoms with Crippen molar-refractivity contribution in [1.29, 1.82) is 0 Å². The smallest absolute Gasteiger partial charge is 0.264 e. The normalized spacial score (nSPS) is 23.9. The number of aliphatic hydroxyl groups excluding tert-OH is 2. The summed E-state index contributed by atoms with van der Waals surface area (Å²) in [7, 11) is -3.37. The minimum absolute atomic E-state index is 0.0317. The summed E-state index contributed by atoms with van der Waals surface area (Å²) < 4.78 is 24.7. The predicted octanol–water partition coefficient (Wildman–Crippen LogP) is 5.04. The summed E-state index contributed by atoms with van der Waals surface area (Å²) in [6.45, 7) is 13.5. The quantitative estimate of drug-likeness (QED) is 0.159. The van der Waals surface area contributed by atoms with Gasteiger partial charge in [0.15, 0.2) is 5.60 Å². The Morgan fingerprint density at radius 3 is 2.64 bits per heavy atom. The van der Waals surface area contributed by atoms with Gasteiger partial charge in [-0.05, 0) is 78.3 Å². The summed E-state index contributed by atoms with van der Waals surface area (Å²) in [5, 5.41) is 30.0. The van der Waals surface area contributed by atoms with E-state index in [0.29, 0.717) is 48.6 Å². The van der Waals surface area contributed by atoms with E-state index in [9.17, 15) is 19.8 Å². The fraction of sp³-hybridized carbons (Fsp3) is 0.576. The van der Waals surface area contributed by atoms with E-state index in [4.69, 9.17) is 4.74 Å². The zero-order chi connectivity index (χ0) is 33.1. The number of nitrogens with one attached hydrogen (secondary N) is 1. The second-order valence-electron chi connectivity index (χ2n) is 13.2. The number of nitrogens with zero attached hydrogens (tertiary/aromatic N) is 4. The topological polar surface area (TPSA) is 130 Å². The zero-order valence-corrected chi connectivity index (χ0v) is 28.5. The van der Waals surface area contributed by atoms with Crippen LogP contribution in [0, 0.1) is 5.92 Å². The average Bonchev–Trinajstić information content (AvgIpc) is 3.60. The first-order chi connectivity index (χ1) is 21.2. The van der Waals surface area contributed by atoms with Crippen LogP contribution in [0.1, 0.15) is 65.1 Å². The van der Waals surface area contributed by atoms with Gasteiger partial charge in [0, 0.05) is 55.0 Å². The molecule has 0 radical (unpaired) electrons. The number of aryl methyl sites for hydroxylation is 1. The van der Waals surface area contributed by atoms with Crippen molar-refractivity contribution in [3.63, 3.8) is 0 Å². The van der Waals surface area contributed by atoms with Gasteiger partial charge in [0.1, 0.15) is 6.10 Å². The lowest BCUT2D eigenvalue weighted by Crippen LogP contribution is -2.45. The third-order valence-electron chi connectivity index (χ3n) is 8.92. The van der Waals surface area contributed by atoms with E-state index >= 15 is 4.11 Å². The number of amides is 2. The number of carbonyl (C=O) groups excluding carboxylic acids is 2. The molecule has 1 aromatic carbocycles. The SMILES string of the molecule is CC(C)=CCC/C(C)=C/CN1C(=O)[C@@]2(O[C@@H](CCn3cc(CCO)nn3)[C@H]([Si](C)(C)F)[C@H]2C)c2cc(NC(=O)[C@H](C)O)ccc21. The maximum atomic E-state index is 16.2. The molecule has 3 heterocycles. The summed E-state index contributed by atoms with van der Waals surface area (Å²) in [4.78, 5) is 28.7. The summed E-state index contributed by atoms with van der Waals surface area (Å²) in [6, 6.07) is 5.24. The summed E-state index contributed by atoms with van der Waals surface area (Å²) in [5.41, 5.74) is 2.83. The molecule has 246 valence electrons. The number of allylic oxidation sites excluding steroid dienone is 3. The highest BCUT2D eigenvalue weighted by Crippen LogP contribution is 2.60. The number of aromatic nitrogens is 3. The fourth-order valence-electron chi connectivity index (χ4n) is 6.70. The van der Waals surface area contributed by atoms with E-state index < -0.39 is 43.6 Å². The van der Waals surface area contributed by atoms with Crippen LogP contribution < -0.4 is 10.2 Å². The average molecular weight is 642 g/mol. The Labute approximate surface area is 266 Å². The second kappa shape index (κ2) is 14.1. The monoisotopic (exact) mass is 641 g/mol. The molecule has 2 aliphatic heterocycles. The lowest BCUT2D eigenvalue weighted by Gasteiger charge is -2.31. The number of hydrogen-bond donors (Lipinski definition) is 3. The number of fused-ring (bicyclic) bond motifs is 2. The molecule has 1 aromatic heterocycles. The lowest BCUT2D eigenvalue weighted by molar-refractivity contribution is -0.145. The molecule has 0 aliphatic carbocycles. The van der Waals surface area contributed by atoms with Crippen molar-refractivity contribution < 1.29 is 28.6 Å². The van der Waals surface area contributed by atoms with E-state index in [2.05, 4.69) is 48.6 Å². The second-order valence-corrected chi connectivity index (χ2v) is 17.0. The van der Waals surface area contributed by atoms with E-state index in [-0.39, 0.29) is 12.5 Å². The molecule has 1 saturated heterocycles. The summed E-state index contributed by atoms with van der Waals surface area (Å²) >= 11 is 0. The van der Waals surface area contributed by atoms with Gasteiger partial charge < -0.3 is 29.3 Å². The van der Waals surface area contributed by atoms with Gasteiger partial charge in [-0.15, -0.1) is 5.10 Å². The Kier molecular flexibility index (Phi) is 10.8. The van der Waals surface area contributed by atoms with Crippen molar-refractivity contribution in [2.45, 2.75) is 103 Å². The third kappa shape index (κ3) is 7.45. The largest absolute Gasteiger partial charge is 0.396 e. The van der Waals surface area contributed by atoms with Gasteiger partial charge in [0.25, 0.3) is 11.8 Å². The minimum atomic E-state index is -3.37. The number of ether oxygens (including phenoxy) is 1. The highest BCUT2D eigenvalue weighted by Gasteiger charge is 2.66. The van der Waals surface area contributed by atoms with Crippen LogP contribution in [0.15, 0.2) is 47.7 Å². The highest BCUT2D eigenvalue weighted by atomic mass is 28.4. The number of benzene rings is 1. The Morgan fingerprint density at radius 1 is 1.27 bits per heavy atom. The van der Waals surface area contributed by atoms with Crippen LogP contribution in [-0.4, -0.2) is 70.8 Å². The number of carbonyl (C=O) groups is 2. The van der Waals surface area contributed by atoms with Gasteiger partial charge in [0.05, 0.1) is 17.5 Å². The van der Waals surface area contributed by atoms with Crippen molar-refractivity contribution in [1.82, 2.24) is 15.0 Å². The first-order valence-corrected chi connectivity index (χ1v) is 18.8. The number of rotatable bonds is 13. The molecule has 4 rings (SSSR count). The van der Waals surface area contributed by atoms with Crippen molar-refractivity contribution in [3.05, 3.63) is 59.0 Å². The Balaban J connectivity index is 1.72.